The standard InChI is InChI=1S/C16H22N6O3S/c1-10(2)12-6-11(19-16-17-9-18-22(12)16)15(23)21-5-4-20(3)13-7-26(24,25)8-14(13)21/h6,9-10,13-14H,4-5,7-8H2,1-3H3/t13-,14+/m0/s1. The summed E-state index contributed by atoms with van der Waals surface area (Å²) < 4.78 is 25.9. The molecule has 26 heavy (non-hydrogen) atoms. The van der Waals surface area contributed by atoms with Crippen LogP contribution >= 0.6 is 0 Å². The molecule has 0 spiro atoms. The molecule has 0 radical (unpaired) electrons. The van der Waals surface area contributed by atoms with E-state index in [2.05, 4.69) is 15.1 Å². The minimum Gasteiger partial charge on any atom is -0.330 e. The van der Waals surface area contributed by atoms with Crippen molar-refractivity contribution in [2.45, 2.75) is 31.8 Å². The molecular weight excluding hydrogens is 356 g/mol. The molecule has 0 bridgehead atoms. The summed E-state index contributed by atoms with van der Waals surface area (Å²) in [6.45, 7) is 5.16. The molecule has 2 fully saturated rings. The first-order valence-corrected chi connectivity index (χ1v) is 10.5. The number of carbonyl (C=O) groups excluding carboxylic acids is 1. The van der Waals surface area contributed by atoms with E-state index in [1.165, 1.54) is 6.33 Å². The second-order valence-electron chi connectivity index (χ2n) is 7.38. The maximum Gasteiger partial charge on any atom is 0.273 e. The van der Waals surface area contributed by atoms with Crippen LogP contribution in [0.2, 0.25) is 0 Å². The molecule has 9 nitrogen and oxygen atoms in total. The average Bonchev–Trinajstić information content (AvgIpc) is 3.17. The third kappa shape index (κ3) is 2.77. The van der Waals surface area contributed by atoms with Crippen LogP contribution in [-0.4, -0.2) is 87.4 Å². The van der Waals surface area contributed by atoms with Crippen molar-refractivity contribution in [3.63, 3.8) is 0 Å². The van der Waals surface area contributed by atoms with Gasteiger partial charge in [-0.2, -0.15) is 10.1 Å². The lowest BCUT2D eigenvalue weighted by Crippen LogP contribution is -2.59. The number of fused-ring (bicyclic) bond motifs is 2. The molecule has 140 valence electrons. The highest BCUT2D eigenvalue weighted by molar-refractivity contribution is 7.91. The second kappa shape index (κ2) is 5.98. The summed E-state index contributed by atoms with van der Waals surface area (Å²) in [6.07, 6.45) is 1.41. The van der Waals surface area contributed by atoms with E-state index >= 15 is 0 Å². The van der Waals surface area contributed by atoms with Crippen LogP contribution in [0.4, 0.5) is 0 Å². The van der Waals surface area contributed by atoms with Crippen molar-refractivity contribution in [3.05, 3.63) is 23.8 Å². The first kappa shape index (κ1) is 17.3. The number of nitrogens with zero attached hydrogens (tertiary/aromatic N) is 6. The van der Waals surface area contributed by atoms with E-state index in [1.807, 2.05) is 25.8 Å². The Morgan fingerprint density at radius 3 is 2.69 bits per heavy atom. The maximum absolute atomic E-state index is 13.2. The molecule has 2 aliphatic rings. The molecule has 0 saturated carbocycles. The first-order chi connectivity index (χ1) is 12.3. The summed E-state index contributed by atoms with van der Waals surface area (Å²) in [6, 6.07) is 1.26. The molecule has 2 aliphatic heterocycles. The Balaban J connectivity index is 1.72. The van der Waals surface area contributed by atoms with Gasteiger partial charge in [0.25, 0.3) is 11.7 Å². The fraction of sp³-hybridized carbons (Fsp3) is 0.625. The Morgan fingerprint density at radius 1 is 1.23 bits per heavy atom. The van der Waals surface area contributed by atoms with Crippen LogP contribution in [0.1, 0.15) is 35.9 Å². The van der Waals surface area contributed by atoms with Gasteiger partial charge < -0.3 is 4.90 Å². The lowest BCUT2D eigenvalue weighted by Gasteiger charge is -2.42. The Kier molecular flexibility index (Phi) is 3.99. The van der Waals surface area contributed by atoms with Gasteiger partial charge in [-0.15, -0.1) is 0 Å². The predicted octanol–water partition coefficient (Wildman–Crippen LogP) is -0.199. The first-order valence-electron chi connectivity index (χ1n) is 8.69. The molecule has 2 aromatic rings. The zero-order valence-electron chi connectivity index (χ0n) is 15.0. The third-order valence-electron chi connectivity index (χ3n) is 5.30. The molecule has 0 aliphatic carbocycles. The smallest absolute Gasteiger partial charge is 0.273 e. The van der Waals surface area contributed by atoms with E-state index < -0.39 is 9.84 Å². The minimum atomic E-state index is -3.14. The maximum atomic E-state index is 13.2. The van der Waals surface area contributed by atoms with Crippen molar-refractivity contribution in [2.24, 2.45) is 0 Å². The van der Waals surface area contributed by atoms with Crippen molar-refractivity contribution in [3.8, 4) is 0 Å². The van der Waals surface area contributed by atoms with Gasteiger partial charge in [-0.3, -0.25) is 9.69 Å². The number of sulfone groups is 1. The van der Waals surface area contributed by atoms with Crippen LogP contribution in [0.3, 0.4) is 0 Å². The number of rotatable bonds is 2. The average molecular weight is 378 g/mol. The summed E-state index contributed by atoms with van der Waals surface area (Å²) in [5.74, 6) is 0.395. The molecule has 1 amide bonds. The fourth-order valence-electron chi connectivity index (χ4n) is 3.88. The van der Waals surface area contributed by atoms with Gasteiger partial charge in [0.1, 0.15) is 12.0 Å². The summed E-state index contributed by atoms with van der Waals surface area (Å²) in [7, 11) is -1.23. The number of carbonyl (C=O) groups is 1. The number of likely N-dealkylation sites (N-methyl/N-ethyl adjacent to an activating group) is 1. The Bertz CT molecular complexity index is 970. The van der Waals surface area contributed by atoms with Gasteiger partial charge in [0.15, 0.2) is 9.84 Å². The van der Waals surface area contributed by atoms with Gasteiger partial charge in [0, 0.05) is 19.1 Å². The van der Waals surface area contributed by atoms with Crippen molar-refractivity contribution >= 4 is 21.5 Å². The van der Waals surface area contributed by atoms with Crippen molar-refractivity contribution < 1.29 is 13.2 Å². The van der Waals surface area contributed by atoms with Crippen LogP contribution in [0.15, 0.2) is 12.4 Å². The molecule has 4 heterocycles. The summed E-state index contributed by atoms with van der Waals surface area (Å²) in [4.78, 5) is 25.4. The number of hydrogen-bond acceptors (Lipinski definition) is 7. The number of hydrogen-bond donors (Lipinski definition) is 0. The molecule has 0 unspecified atom stereocenters. The van der Waals surface area contributed by atoms with Crippen LogP contribution in [0.5, 0.6) is 0 Å². The largest absolute Gasteiger partial charge is 0.330 e. The number of aromatic nitrogens is 4. The Morgan fingerprint density at radius 2 is 1.96 bits per heavy atom. The monoisotopic (exact) mass is 378 g/mol. The summed E-state index contributed by atoms with van der Waals surface area (Å²) in [5, 5.41) is 4.17. The lowest BCUT2D eigenvalue weighted by atomic mass is 10.0. The normalized spacial score (nSPS) is 25.8. The third-order valence-corrected chi connectivity index (χ3v) is 7.00. The van der Waals surface area contributed by atoms with Gasteiger partial charge in [0.2, 0.25) is 0 Å². The number of piperazine rings is 1. The highest BCUT2D eigenvalue weighted by Gasteiger charge is 2.47. The second-order valence-corrected chi connectivity index (χ2v) is 9.54. The van der Waals surface area contributed by atoms with Gasteiger partial charge in [-0.05, 0) is 19.0 Å². The quantitative estimate of drug-likeness (QED) is 0.713. The Hall–Kier alpha value is -2.07. The molecule has 2 atom stereocenters. The van der Waals surface area contributed by atoms with E-state index in [0.29, 0.717) is 24.6 Å². The fourth-order valence-corrected chi connectivity index (χ4v) is 5.94. The molecule has 4 rings (SSSR count). The number of amides is 1. The molecule has 2 aromatic heterocycles. The molecular formula is C16H22N6O3S. The molecule has 0 aromatic carbocycles. The highest BCUT2D eigenvalue weighted by Crippen LogP contribution is 2.27. The van der Waals surface area contributed by atoms with Crippen LogP contribution in [0.25, 0.3) is 5.78 Å². The van der Waals surface area contributed by atoms with Gasteiger partial charge in [0.05, 0.1) is 23.2 Å². The van der Waals surface area contributed by atoms with Gasteiger partial charge >= 0.3 is 0 Å². The zero-order valence-corrected chi connectivity index (χ0v) is 15.8. The van der Waals surface area contributed by atoms with Gasteiger partial charge in [-0.25, -0.2) is 17.9 Å². The van der Waals surface area contributed by atoms with Crippen molar-refractivity contribution in [2.75, 3.05) is 31.6 Å². The molecule has 2 saturated heterocycles. The van der Waals surface area contributed by atoms with E-state index in [4.69, 9.17) is 0 Å². The Labute approximate surface area is 151 Å². The molecule has 10 heteroatoms. The van der Waals surface area contributed by atoms with E-state index in [1.54, 1.807) is 15.5 Å². The lowest BCUT2D eigenvalue weighted by molar-refractivity contribution is 0.0404. The van der Waals surface area contributed by atoms with Crippen molar-refractivity contribution in [1.82, 2.24) is 29.4 Å². The van der Waals surface area contributed by atoms with Gasteiger partial charge in [-0.1, -0.05) is 13.8 Å². The van der Waals surface area contributed by atoms with Crippen molar-refractivity contribution in [1.29, 1.82) is 0 Å². The highest BCUT2D eigenvalue weighted by atomic mass is 32.2. The van der Waals surface area contributed by atoms with E-state index in [0.717, 1.165) is 5.69 Å². The SMILES string of the molecule is CC(C)c1cc(C(=O)N2CCN(C)[C@H]3CS(=O)(=O)C[C@H]32)nc2ncnn12. The topological polar surface area (TPSA) is 101 Å². The summed E-state index contributed by atoms with van der Waals surface area (Å²) in [5.41, 5.74) is 1.14. The van der Waals surface area contributed by atoms with E-state index in [9.17, 15) is 13.2 Å². The summed E-state index contributed by atoms with van der Waals surface area (Å²) >= 11 is 0. The predicted molar refractivity (Wildman–Crippen MR) is 94.8 cm³/mol. The minimum absolute atomic E-state index is 0.0119. The van der Waals surface area contributed by atoms with Crippen LogP contribution < -0.4 is 0 Å². The van der Waals surface area contributed by atoms with E-state index in [-0.39, 0.29) is 35.4 Å². The zero-order chi connectivity index (χ0) is 18.6. The molecule has 0 N–H and O–H groups in total. The van der Waals surface area contributed by atoms with Crippen LogP contribution in [0, 0.1) is 0 Å². The van der Waals surface area contributed by atoms with Crippen LogP contribution in [-0.2, 0) is 9.84 Å².